The van der Waals surface area contributed by atoms with Crippen molar-refractivity contribution in [3.63, 3.8) is 0 Å². The molecule has 2 aliphatic heterocycles. The fourth-order valence-corrected chi connectivity index (χ4v) is 13.5. The number of hydrogen-bond donors (Lipinski definition) is 2. The average molecular weight is 874 g/mol. The van der Waals surface area contributed by atoms with Crippen molar-refractivity contribution < 1.29 is 26.2 Å². The first-order valence-corrected chi connectivity index (χ1v) is 23.6. The second-order valence-corrected chi connectivity index (χ2v) is 19.4. The number of nitrogens with zero attached hydrogens (tertiary/aromatic N) is 2. The van der Waals surface area contributed by atoms with Crippen LogP contribution in [0.4, 0.5) is 5.69 Å². The van der Waals surface area contributed by atoms with Crippen LogP contribution in [0.25, 0.3) is 12.2 Å². The van der Waals surface area contributed by atoms with Gasteiger partial charge in [0.1, 0.15) is 0 Å². The summed E-state index contributed by atoms with van der Waals surface area (Å²) in [7, 11) is 0. The van der Waals surface area contributed by atoms with E-state index in [2.05, 4.69) is 171 Å². The maximum absolute atomic E-state index is 7.18. The van der Waals surface area contributed by atoms with Crippen molar-refractivity contribution in [2.24, 2.45) is 5.73 Å². The van der Waals surface area contributed by atoms with Gasteiger partial charge in [-0.15, -0.1) is 0 Å². The molecule has 3 aromatic rings. The van der Waals surface area contributed by atoms with Crippen LogP contribution in [0.15, 0.2) is 174 Å². The number of rotatable bonds is 9. The first-order valence-electron chi connectivity index (χ1n) is 21.2. The molecule has 7 unspecified atom stereocenters. The van der Waals surface area contributed by atoms with Gasteiger partial charge in [-0.05, 0) is 0 Å². The van der Waals surface area contributed by atoms with Crippen LogP contribution in [-0.2, 0) is 11.2 Å². The van der Waals surface area contributed by atoms with E-state index < -0.39 is 21.5 Å². The zero-order valence-electron chi connectivity index (χ0n) is 32.8. The Bertz CT molecular complexity index is 2480. The van der Waals surface area contributed by atoms with Gasteiger partial charge in [0.15, 0.2) is 0 Å². The Labute approximate surface area is 353 Å². The fourth-order valence-electron chi connectivity index (χ4n) is 10.7. The molecule has 0 spiro atoms. The number of benzene rings is 2. The molecule has 0 fully saturated rings. The number of allylic oxidation sites excluding steroid dienone is 11. The maximum atomic E-state index is 7.18. The Hall–Kier alpha value is -5.05. The van der Waals surface area contributed by atoms with Gasteiger partial charge in [0.2, 0.25) is 0 Å². The number of nitrogens with two attached hydrogens (primary N) is 1. The minimum absolute atomic E-state index is 0.0464. The summed E-state index contributed by atoms with van der Waals surface area (Å²) in [5, 5.41) is 0. The molecule has 3 heterocycles. The van der Waals surface area contributed by atoms with Gasteiger partial charge in [-0.1, -0.05) is 6.08 Å². The van der Waals surface area contributed by atoms with Gasteiger partial charge >= 0.3 is 349 Å². The van der Waals surface area contributed by atoms with Crippen LogP contribution >= 0.6 is 0 Å². The molecule has 3 N–H and O–H groups in total. The van der Waals surface area contributed by atoms with E-state index in [0.29, 0.717) is 15.9 Å². The van der Waals surface area contributed by atoms with Crippen LogP contribution in [-0.4, -0.2) is 27.2 Å². The van der Waals surface area contributed by atoms with E-state index >= 15 is 0 Å². The quantitative estimate of drug-likeness (QED) is 0.133. The van der Waals surface area contributed by atoms with E-state index in [-0.39, 0.29) is 24.1 Å². The third-order valence-corrected chi connectivity index (χ3v) is 16.1. The molecular weight excluding hydrogens is 824 g/mol. The number of fused-ring (bicyclic) bond motifs is 9. The topological polar surface area (TPSA) is 55.5 Å². The summed E-state index contributed by atoms with van der Waals surface area (Å²) in [5.74, 6) is 1.57. The van der Waals surface area contributed by atoms with E-state index in [1.807, 2.05) is 0 Å². The van der Waals surface area contributed by atoms with E-state index in [1.54, 1.807) is 0 Å². The van der Waals surface area contributed by atoms with E-state index in [0.717, 1.165) is 56.5 Å². The molecule has 6 heteroatoms. The Kier molecular flexibility index (Phi) is 9.50. The van der Waals surface area contributed by atoms with Gasteiger partial charge in [0, 0.05) is 0 Å². The van der Waals surface area contributed by atoms with Crippen molar-refractivity contribution in [3.8, 4) is 0 Å². The summed E-state index contributed by atoms with van der Waals surface area (Å²) in [6.07, 6.45) is 45.7. The van der Waals surface area contributed by atoms with Gasteiger partial charge in [-0.25, -0.2) is 0 Å². The van der Waals surface area contributed by atoms with Crippen molar-refractivity contribution in [2.45, 2.75) is 78.5 Å². The van der Waals surface area contributed by atoms with Crippen LogP contribution in [0.3, 0.4) is 0 Å². The first kappa shape index (κ1) is 36.1. The van der Waals surface area contributed by atoms with Crippen LogP contribution in [0.2, 0.25) is 0 Å². The number of ether oxygens (including phenoxy) is 1. The predicted octanol–water partition coefficient (Wildman–Crippen LogP) is 7.52. The van der Waals surface area contributed by atoms with E-state index in [4.69, 9.17) is 10.5 Å². The molecule has 8 aliphatic rings. The summed E-state index contributed by atoms with van der Waals surface area (Å²) >= 11 is -0.403. The predicted molar refractivity (Wildman–Crippen MR) is 234 cm³/mol. The molecule has 0 bridgehead atoms. The summed E-state index contributed by atoms with van der Waals surface area (Å²) in [4.78, 5) is 2.75. The first-order chi connectivity index (χ1) is 28.7. The molecule has 0 saturated carbocycles. The average Bonchev–Trinajstić information content (AvgIpc) is 3.95. The van der Waals surface area contributed by atoms with Gasteiger partial charge in [-0.2, -0.15) is 0 Å². The number of alkyl halides is 1. The monoisotopic (exact) mass is 873 g/mol. The molecule has 58 heavy (non-hydrogen) atoms. The number of nitrogens with one attached hydrogen (secondary N) is 1. The summed E-state index contributed by atoms with van der Waals surface area (Å²) in [6, 6.07) is 20.6. The number of hydrogen-bond acceptors (Lipinski definition) is 4. The molecule has 292 valence electrons. The number of halogens is 1. The Morgan fingerprint density at radius 3 is 2.64 bits per heavy atom. The molecule has 0 amide bonds. The van der Waals surface area contributed by atoms with Crippen molar-refractivity contribution in [2.75, 3.05) is 11.4 Å². The standard InChI is InChI=1S/C52H50IN4O/c54-44(35-18-6-2-7-19-35)32-36(34-16-4-1-5-17-34)33-55-53-43-25-15-29-48-49(43)42-24-14-28-47(52(42)58-48)57-46-27-13-11-23-39(46)41-31-30-40-38-22-10-12-26-45(38)56(50(40)51(41)57)37-20-8-3-9-21-37/h1-6,8-10,12-18,20,22,24,26-32,36-37,40,43,47,50,52,55H,7,11,19,21,23,25,33,54H2/q-1/b44-32-. The molecule has 2 aromatic carbocycles. The summed E-state index contributed by atoms with van der Waals surface area (Å²) in [5.41, 5.74) is 21.5. The second-order valence-electron chi connectivity index (χ2n) is 16.5. The Morgan fingerprint density at radius 1 is 0.862 bits per heavy atom. The molecule has 0 saturated heterocycles. The molecule has 11 rings (SSSR count). The molecule has 1 aromatic heterocycles. The van der Waals surface area contributed by atoms with Crippen molar-refractivity contribution in [1.82, 2.24) is 8.10 Å². The third-order valence-electron chi connectivity index (χ3n) is 13.3. The molecular formula is C52H50IN4O-. The number of aromatic nitrogens is 1. The second kappa shape index (κ2) is 15.3. The zero-order chi connectivity index (χ0) is 38.6. The van der Waals surface area contributed by atoms with Gasteiger partial charge in [0.25, 0.3) is 0 Å². The van der Waals surface area contributed by atoms with E-state index in [9.17, 15) is 0 Å². The summed E-state index contributed by atoms with van der Waals surface area (Å²) in [6.45, 7) is 0.866. The van der Waals surface area contributed by atoms with E-state index in [1.165, 1.54) is 56.0 Å². The van der Waals surface area contributed by atoms with Gasteiger partial charge in [-0.3, -0.25) is 0 Å². The van der Waals surface area contributed by atoms with Crippen LogP contribution < -0.4 is 35.6 Å². The van der Waals surface area contributed by atoms with Crippen molar-refractivity contribution in [3.05, 3.63) is 208 Å². The SMILES string of the molecule is N/C(=C\C(CN[I-]C1CC=CC2=C1C1=CC=CC(n3c4c(c5c3C3C(C=C5)c5ccccc5N3C3C=CC=CC3)CCC=C4)C1O2)c1ccccc1)C1=CC=CCC1. The van der Waals surface area contributed by atoms with Crippen molar-refractivity contribution in [1.29, 1.82) is 0 Å². The molecule has 7 atom stereocenters. The third kappa shape index (κ3) is 6.13. The molecule has 6 aliphatic carbocycles. The zero-order valence-corrected chi connectivity index (χ0v) is 34.9. The number of para-hydroxylation sites is 1. The Balaban J connectivity index is 0.903. The van der Waals surface area contributed by atoms with Crippen LogP contribution in [0, 0.1) is 0 Å². The summed E-state index contributed by atoms with van der Waals surface area (Å²) < 4.78 is 14.4. The normalized spacial score (nSPS) is 27.7. The van der Waals surface area contributed by atoms with Crippen LogP contribution in [0.1, 0.15) is 89.7 Å². The fraction of sp³-hybridized carbons (Fsp3) is 0.269. The molecule has 0 radical (unpaired) electrons. The van der Waals surface area contributed by atoms with Gasteiger partial charge in [0.05, 0.1) is 0 Å². The number of anilines is 1. The Morgan fingerprint density at radius 2 is 1.76 bits per heavy atom. The minimum atomic E-state index is -0.403. The van der Waals surface area contributed by atoms with Crippen molar-refractivity contribution >= 4 is 17.8 Å². The van der Waals surface area contributed by atoms with Gasteiger partial charge < -0.3 is 0 Å². The van der Waals surface area contributed by atoms with Crippen LogP contribution in [0.5, 0.6) is 0 Å². The molecule has 5 nitrogen and oxygen atoms in total.